The largest absolute Gasteiger partial charge is 0.358 e. The zero-order valence-electron chi connectivity index (χ0n) is 12.3. The summed E-state index contributed by atoms with van der Waals surface area (Å²) in [6.07, 6.45) is 1.24. The number of amides is 1. The number of nitrogens with zero attached hydrogens (tertiary/aromatic N) is 1. The third kappa shape index (κ3) is 2.95. The maximum absolute atomic E-state index is 12.9. The number of rotatable bonds is 4. The van der Waals surface area contributed by atoms with Gasteiger partial charge >= 0.3 is 0 Å². The smallest absolute Gasteiger partial charge is 0.244 e. The molecular weight excluding hydrogens is 290 g/mol. The fourth-order valence-electron chi connectivity index (χ4n) is 2.63. The molecule has 1 unspecified atom stereocenters. The van der Waals surface area contributed by atoms with Crippen LogP contribution in [-0.2, 0) is 21.4 Å². The second-order valence-electron chi connectivity index (χ2n) is 5.19. The number of aryl methyl sites for hydroxylation is 1. The lowest BCUT2D eigenvalue weighted by Crippen LogP contribution is -2.44. The van der Waals surface area contributed by atoms with E-state index in [1.807, 2.05) is 6.07 Å². The molecule has 1 aromatic rings. The monoisotopic (exact) mass is 311 g/mol. The van der Waals surface area contributed by atoms with Gasteiger partial charge in [-0.2, -0.15) is 4.31 Å². The molecule has 0 aliphatic carbocycles. The topological polar surface area (TPSA) is 92.5 Å². The molecule has 1 amide bonds. The highest BCUT2D eigenvalue weighted by Gasteiger charge is 2.39. The van der Waals surface area contributed by atoms with E-state index in [1.165, 1.54) is 11.4 Å². The molecule has 21 heavy (non-hydrogen) atoms. The minimum Gasteiger partial charge on any atom is -0.358 e. The van der Waals surface area contributed by atoms with Gasteiger partial charge in [0.05, 0.1) is 4.90 Å². The van der Waals surface area contributed by atoms with Crippen LogP contribution in [0.15, 0.2) is 23.1 Å². The first-order valence-corrected chi connectivity index (χ1v) is 8.39. The van der Waals surface area contributed by atoms with Gasteiger partial charge in [-0.3, -0.25) is 4.79 Å². The quantitative estimate of drug-likeness (QED) is 0.839. The maximum Gasteiger partial charge on any atom is 0.244 e. The zero-order valence-corrected chi connectivity index (χ0v) is 13.1. The van der Waals surface area contributed by atoms with E-state index in [9.17, 15) is 13.2 Å². The summed E-state index contributed by atoms with van der Waals surface area (Å²) in [5.41, 5.74) is 7.01. The lowest BCUT2D eigenvalue weighted by atomic mass is 10.1. The predicted octanol–water partition coefficient (Wildman–Crippen LogP) is 0.353. The van der Waals surface area contributed by atoms with Crippen LogP contribution in [0.5, 0.6) is 0 Å². The van der Waals surface area contributed by atoms with Crippen LogP contribution in [0.1, 0.15) is 24.0 Å². The molecule has 1 aromatic carbocycles. The summed E-state index contributed by atoms with van der Waals surface area (Å²) in [6.45, 7) is 2.40. The number of sulfonamides is 1. The molecule has 2 rings (SSSR count). The van der Waals surface area contributed by atoms with E-state index < -0.39 is 16.1 Å². The highest BCUT2D eigenvalue weighted by atomic mass is 32.2. The first kappa shape index (κ1) is 15.9. The van der Waals surface area contributed by atoms with Crippen LogP contribution in [0.2, 0.25) is 0 Å². The molecule has 0 bridgehead atoms. The van der Waals surface area contributed by atoms with Crippen LogP contribution >= 0.6 is 0 Å². The third-order valence-electron chi connectivity index (χ3n) is 3.83. The molecule has 0 radical (unpaired) electrons. The molecule has 1 aliphatic rings. The van der Waals surface area contributed by atoms with Gasteiger partial charge in [-0.25, -0.2) is 8.42 Å². The Morgan fingerprint density at radius 1 is 1.48 bits per heavy atom. The molecule has 3 N–H and O–H groups in total. The lowest BCUT2D eigenvalue weighted by molar-refractivity contribution is -0.123. The van der Waals surface area contributed by atoms with E-state index >= 15 is 0 Å². The Morgan fingerprint density at radius 3 is 2.81 bits per heavy atom. The summed E-state index contributed by atoms with van der Waals surface area (Å²) in [5.74, 6) is -0.260. The molecule has 7 heteroatoms. The number of carbonyl (C=O) groups is 1. The van der Waals surface area contributed by atoms with Gasteiger partial charge in [-0.1, -0.05) is 12.1 Å². The standard InChI is InChI=1S/C14H21N3O3S/c1-10-5-6-11(9-15)8-13(10)21(19,20)17-7-3-4-12(17)14(18)16-2/h5-6,8,12H,3-4,7,9,15H2,1-2H3,(H,16,18). The summed E-state index contributed by atoms with van der Waals surface area (Å²) in [7, 11) is -2.17. The van der Waals surface area contributed by atoms with Crippen LogP contribution in [0.4, 0.5) is 0 Å². The minimum atomic E-state index is -3.69. The lowest BCUT2D eigenvalue weighted by Gasteiger charge is -2.24. The highest BCUT2D eigenvalue weighted by Crippen LogP contribution is 2.28. The van der Waals surface area contributed by atoms with Crippen molar-refractivity contribution in [2.24, 2.45) is 5.73 Å². The molecule has 0 spiro atoms. The average molecular weight is 311 g/mol. The van der Waals surface area contributed by atoms with Gasteiger partial charge < -0.3 is 11.1 Å². The van der Waals surface area contributed by atoms with Gasteiger partial charge in [0.25, 0.3) is 0 Å². The van der Waals surface area contributed by atoms with Crippen LogP contribution in [0.25, 0.3) is 0 Å². The van der Waals surface area contributed by atoms with Crippen LogP contribution in [-0.4, -0.2) is 38.3 Å². The van der Waals surface area contributed by atoms with Crippen molar-refractivity contribution in [3.8, 4) is 0 Å². The Bertz CT molecular complexity index is 643. The Morgan fingerprint density at radius 2 is 2.19 bits per heavy atom. The van der Waals surface area contributed by atoms with Crippen molar-refractivity contribution in [1.82, 2.24) is 9.62 Å². The number of hydrogen-bond donors (Lipinski definition) is 2. The summed E-state index contributed by atoms with van der Waals surface area (Å²) >= 11 is 0. The summed E-state index contributed by atoms with van der Waals surface area (Å²) < 4.78 is 27.0. The van der Waals surface area contributed by atoms with Crippen molar-refractivity contribution in [2.75, 3.05) is 13.6 Å². The van der Waals surface area contributed by atoms with Gasteiger partial charge in [-0.05, 0) is 37.0 Å². The maximum atomic E-state index is 12.9. The van der Waals surface area contributed by atoms with Crippen LogP contribution in [0.3, 0.4) is 0 Å². The third-order valence-corrected chi connectivity index (χ3v) is 5.88. The second-order valence-corrected chi connectivity index (χ2v) is 7.05. The van der Waals surface area contributed by atoms with E-state index in [0.29, 0.717) is 24.9 Å². The normalized spacial score (nSPS) is 19.7. The number of nitrogens with one attached hydrogen (secondary N) is 1. The van der Waals surface area contributed by atoms with E-state index in [2.05, 4.69) is 5.32 Å². The SMILES string of the molecule is CNC(=O)C1CCCN1S(=O)(=O)c1cc(CN)ccc1C. The van der Waals surface area contributed by atoms with Crippen molar-refractivity contribution in [3.63, 3.8) is 0 Å². The molecule has 0 saturated carbocycles. The van der Waals surface area contributed by atoms with Crippen molar-refractivity contribution in [1.29, 1.82) is 0 Å². The Balaban J connectivity index is 2.44. The second kappa shape index (κ2) is 6.13. The fraction of sp³-hybridized carbons (Fsp3) is 0.500. The molecule has 1 saturated heterocycles. The van der Waals surface area contributed by atoms with Crippen molar-refractivity contribution < 1.29 is 13.2 Å². The predicted molar refractivity (Wildman–Crippen MR) is 80.1 cm³/mol. The summed E-state index contributed by atoms with van der Waals surface area (Å²) in [5, 5.41) is 2.53. The first-order valence-electron chi connectivity index (χ1n) is 6.95. The first-order chi connectivity index (χ1) is 9.91. The fourth-order valence-corrected chi connectivity index (χ4v) is 4.57. The Kier molecular flexibility index (Phi) is 4.65. The molecular formula is C14H21N3O3S. The number of carbonyl (C=O) groups excluding carboxylic acids is 1. The number of benzene rings is 1. The molecule has 1 fully saturated rings. The van der Waals surface area contributed by atoms with Crippen molar-refractivity contribution in [3.05, 3.63) is 29.3 Å². The zero-order chi connectivity index (χ0) is 15.6. The van der Waals surface area contributed by atoms with Crippen molar-refractivity contribution in [2.45, 2.75) is 37.2 Å². The molecule has 1 heterocycles. The number of nitrogens with two attached hydrogens (primary N) is 1. The van der Waals surface area contributed by atoms with E-state index in [0.717, 1.165) is 5.56 Å². The van der Waals surface area contributed by atoms with Crippen LogP contribution in [0, 0.1) is 6.92 Å². The van der Waals surface area contributed by atoms with Gasteiger partial charge in [0.1, 0.15) is 6.04 Å². The van der Waals surface area contributed by atoms with Gasteiger partial charge in [0.2, 0.25) is 15.9 Å². The summed E-state index contributed by atoms with van der Waals surface area (Å²) in [6, 6.07) is 4.54. The van der Waals surface area contributed by atoms with Gasteiger partial charge in [0.15, 0.2) is 0 Å². The molecule has 0 aromatic heterocycles. The van der Waals surface area contributed by atoms with Crippen molar-refractivity contribution >= 4 is 15.9 Å². The number of likely N-dealkylation sites (N-methyl/N-ethyl adjacent to an activating group) is 1. The van der Waals surface area contributed by atoms with E-state index in [4.69, 9.17) is 5.73 Å². The number of hydrogen-bond acceptors (Lipinski definition) is 4. The Hall–Kier alpha value is -1.44. The molecule has 1 aliphatic heterocycles. The van der Waals surface area contributed by atoms with Gasteiger partial charge in [0, 0.05) is 20.1 Å². The minimum absolute atomic E-state index is 0.237. The van der Waals surface area contributed by atoms with E-state index in [1.54, 1.807) is 19.1 Å². The average Bonchev–Trinajstić information content (AvgIpc) is 2.97. The highest BCUT2D eigenvalue weighted by molar-refractivity contribution is 7.89. The molecule has 6 nitrogen and oxygen atoms in total. The Labute approximate surface area is 125 Å². The van der Waals surface area contributed by atoms with Crippen LogP contribution < -0.4 is 11.1 Å². The molecule has 116 valence electrons. The summed E-state index contributed by atoms with van der Waals surface area (Å²) in [4.78, 5) is 12.1. The van der Waals surface area contributed by atoms with Gasteiger partial charge in [-0.15, -0.1) is 0 Å². The molecule has 1 atom stereocenters. The van der Waals surface area contributed by atoms with E-state index in [-0.39, 0.29) is 17.3 Å².